The van der Waals surface area contributed by atoms with Crippen LogP contribution in [-0.4, -0.2) is 25.5 Å². The summed E-state index contributed by atoms with van der Waals surface area (Å²) in [5, 5.41) is 0. The Morgan fingerprint density at radius 3 is 1.88 bits per heavy atom. The van der Waals surface area contributed by atoms with E-state index in [-0.39, 0.29) is 11.2 Å². The van der Waals surface area contributed by atoms with Crippen LogP contribution in [0.15, 0.2) is 0 Å². The molecule has 0 aromatic heterocycles. The Labute approximate surface area is 101 Å². The second-order valence-corrected chi connectivity index (χ2v) is 9.12. The van der Waals surface area contributed by atoms with E-state index in [9.17, 15) is 8.42 Å². The number of hydrogen-bond acceptors (Lipinski definition) is 3. The second kappa shape index (κ2) is 5.50. The SMILES string of the molecule is CC(C)(CN)CCCCS(=O)(=O)C(C)(C)C. The zero-order chi connectivity index (χ0) is 13.0. The molecule has 0 bridgehead atoms. The van der Waals surface area contributed by atoms with Crippen LogP contribution >= 0.6 is 0 Å². The largest absolute Gasteiger partial charge is 0.330 e. The summed E-state index contributed by atoms with van der Waals surface area (Å²) in [6.07, 6.45) is 2.66. The average molecular weight is 249 g/mol. The van der Waals surface area contributed by atoms with Gasteiger partial charge in [-0.15, -0.1) is 0 Å². The van der Waals surface area contributed by atoms with Crippen LogP contribution in [0.5, 0.6) is 0 Å². The topological polar surface area (TPSA) is 60.2 Å². The average Bonchev–Trinajstić information content (AvgIpc) is 2.11. The van der Waals surface area contributed by atoms with Gasteiger partial charge in [-0.25, -0.2) is 8.42 Å². The molecule has 0 saturated heterocycles. The van der Waals surface area contributed by atoms with E-state index in [2.05, 4.69) is 13.8 Å². The fourth-order valence-electron chi connectivity index (χ4n) is 1.30. The van der Waals surface area contributed by atoms with E-state index >= 15 is 0 Å². The summed E-state index contributed by atoms with van der Waals surface area (Å²) in [7, 11) is -2.95. The Kier molecular flexibility index (Phi) is 5.47. The monoisotopic (exact) mass is 249 g/mol. The van der Waals surface area contributed by atoms with Crippen LogP contribution in [0, 0.1) is 5.41 Å². The van der Waals surface area contributed by atoms with E-state index in [1.807, 2.05) is 0 Å². The maximum absolute atomic E-state index is 11.8. The molecule has 0 rings (SSSR count). The highest BCUT2D eigenvalue weighted by atomic mass is 32.2. The number of rotatable bonds is 6. The summed E-state index contributed by atoms with van der Waals surface area (Å²) in [6, 6.07) is 0. The van der Waals surface area contributed by atoms with Crippen molar-refractivity contribution >= 4 is 9.84 Å². The minimum atomic E-state index is -2.95. The Balaban J connectivity index is 4.03. The Bertz CT molecular complexity index is 299. The van der Waals surface area contributed by atoms with Gasteiger partial charge in [-0.3, -0.25) is 0 Å². The number of hydrogen-bond donors (Lipinski definition) is 1. The zero-order valence-corrected chi connectivity index (χ0v) is 12.2. The van der Waals surface area contributed by atoms with Crippen molar-refractivity contribution in [3.63, 3.8) is 0 Å². The molecule has 0 amide bonds. The molecule has 0 aliphatic heterocycles. The number of sulfone groups is 1. The van der Waals surface area contributed by atoms with Gasteiger partial charge in [0.2, 0.25) is 0 Å². The highest BCUT2D eigenvalue weighted by Crippen LogP contribution is 2.23. The van der Waals surface area contributed by atoms with Crippen molar-refractivity contribution < 1.29 is 8.42 Å². The van der Waals surface area contributed by atoms with Crippen molar-refractivity contribution in [3.05, 3.63) is 0 Å². The number of nitrogens with two attached hydrogens (primary N) is 1. The fraction of sp³-hybridized carbons (Fsp3) is 1.00. The quantitative estimate of drug-likeness (QED) is 0.735. The highest BCUT2D eigenvalue weighted by Gasteiger charge is 2.28. The summed E-state index contributed by atoms with van der Waals surface area (Å²) < 4.78 is 23.0. The van der Waals surface area contributed by atoms with Crippen molar-refractivity contribution in [3.8, 4) is 0 Å². The normalized spacial score (nSPS) is 14.1. The molecule has 0 aliphatic carbocycles. The first-order valence-electron chi connectivity index (χ1n) is 5.94. The fourth-order valence-corrected chi connectivity index (χ4v) is 2.50. The molecule has 0 aromatic rings. The van der Waals surface area contributed by atoms with Gasteiger partial charge in [0.25, 0.3) is 0 Å². The van der Waals surface area contributed by atoms with Gasteiger partial charge in [0.1, 0.15) is 0 Å². The lowest BCUT2D eigenvalue weighted by atomic mass is 9.88. The van der Waals surface area contributed by atoms with Crippen molar-refractivity contribution in [2.45, 2.75) is 58.6 Å². The summed E-state index contributed by atoms with van der Waals surface area (Å²) in [5.41, 5.74) is 5.76. The van der Waals surface area contributed by atoms with Gasteiger partial charge >= 0.3 is 0 Å². The standard InChI is InChI=1S/C12H27NO2S/c1-11(2,3)16(14,15)9-7-6-8-12(4,5)10-13/h6-10,13H2,1-5H3. The molecule has 0 saturated carbocycles. The Morgan fingerprint density at radius 1 is 1.00 bits per heavy atom. The molecular formula is C12H27NO2S. The first-order chi connectivity index (χ1) is 7.02. The van der Waals surface area contributed by atoms with Gasteiger partial charge in [0, 0.05) is 0 Å². The molecule has 16 heavy (non-hydrogen) atoms. The van der Waals surface area contributed by atoms with Gasteiger partial charge in [-0.2, -0.15) is 0 Å². The minimum Gasteiger partial charge on any atom is -0.330 e. The van der Waals surface area contributed by atoms with Crippen LogP contribution in [0.4, 0.5) is 0 Å². The van der Waals surface area contributed by atoms with Crippen LogP contribution in [0.25, 0.3) is 0 Å². The van der Waals surface area contributed by atoms with E-state index in [0.717, 1.165) is 19.3 Å². The minimum absolute atomic E-state index is 0.130. The van der Waals surface area contributed by atoms with Crippen molar-refractivity contribution in [1.29, 1.82) is 0 Å². The van der Waals surface area contributed by atoms with E-state index < -0.39 is 14.6 Å². The van der Waals surface area contributed by atoms with Crippen LogP contribution < -0.4 is 5.73 Å². The number of unbranched alkanes of at least 4 members (excludes halogenated alkanes) is 1. The molecule has 2 N–H and O–H groups in total. The molecule has 0 atom stereocenters. The lowest BCUT2D eigenvalue weighted by molar-refractivity contribution is 0.335. The molecule has 0 fully saturated rings. The molecule has 0 aliphatic rings. The van der Waals surface area contributed by atoms with E-state index in [0.29, 0.717) is 6.54 Å². The van der Waals surface area contributed by atoms with Crippen LogP contribution in [0.2, 0.25) is 0 Å². The molecule has 0 aromatic carbocycles. The lowest BCUT2D eigenvalue weighted by Gasteiger charge is -2.23. The van der Waals surface area contributed by atoms with E-state index in [1.54, 1.807) is 20.8 Å². The molecule has 0 radical (unpaired) electrons. The van der Waals surface area contributed by atoms with Crippen molar-refractivity contribution in [2.24, 2.45) is 11.1 Å². The lowest BCUT2D eigenvalue weighted by Crippen LogP contribution is -2.30. The zero-order valence-electron chi connectivity index (χ0n) is 11.3. The third-order valence-electron chi connectivity index (χ3n) is 3.00. The summed E-state index contributed by atoms with van der Waals surface area (Å²) in [6.45, 7) is 10.2. The maximum atomic E-state index is 11.8. The Hall–Kier alpha value is -0.0900. The highest BCUT2D eigenvalue weighted by molar-refractivity contribution is 7.92. The van der Waals surface area contributed by atoms with Gasteiger partial charge in [0.05, 0.1) is 10.5 Å². The summed E-state index contributed by atoms with van der Waals surface area (Å²) in [5.74, 6) is 0.289. The van der Waals surface area contributed by atoms with Gasteiger partial charge < -0.3 is 5.73 Å². The summed E-state index contributed by atoms with van der Waals surface area (Å²) in [4.78, 5) is 0. The predicted molar refractivity (Wildman–Crippen MR) is 70.2 cm³/mol. The van der Waals surface area contributed by atoms with Crippen LogP contribution in [-0.2, 0) is 9.84 Å². The molecule has 0 unspecified atom stereocenters. The van der Waals surface area contributed by atoms with Crippen LogP contribution in [0.1, 0.15) is 53.9 Å². The third kappa shape index (κ3) is 5.30. The van der Waals surface area contributed by atoms with Crippen molar-refractivity contribution in [2.75, 3.05) is 12.3 Å². The van der Waals surface area contributed by atoms with Gasteiger partial charge in [-0.05, 0) is 45.6 Å². The summed E-state index contributed by atoms with van der Waals surface area (Å²) >= 11 is 0. The molecule has 4 heteroatoms. The molecule has 3 nitrogen and oxygen atoms in total. The van der Waals surface area contributed by atoms with E-state index in [4.69, 9.17) is 5.73 Å². The predicted octanol–water partition coefficient (Wildman–Crippen LogP) is 2.35. The van der Waals surface area contributed by atoms with Gasteiger partial charge in [0.15, 0.2) is 9.84 Å². The Morgan fingerprint density at radius 2 is 1.50 bits per heavy atom. The third-order valence-corrected chi connectivity index (χ3v) is 5.69. The maximum Gasteiger partial charge on any atom is 0.155 e. The smallest absolute Gasteiger partial charge is 0.155 e. The molecule has 98 valence electrons. The van der Waals surface area contributed by atoms with E-state index in [1.165, 1.54) is 0 Å². The molecule has 0 heterocycles. The van der Waals surface area contributed by atoms with Crippen molar-refractivity contribution in [1.82, 2.24) is 0 Å². The van der Waals surface area contributed by atoms with Crippen LogP contribution in [0.3, 0.4) is 0 Å². The molecule has 0 spiro atoms. The molecular weight excluding hydrogens is 222 g/mol. The second-order valence-electron chi connectivity index (χ2n) is 6.26. The first-order valence-corrected chi connectivity index (χ1v) is 7.59. The van der Waals surface area contributed by atoms with Gasteiger partial charge in [-0.1, -0.05) is 20.3 Å². The first kappa shape index (κ1) is 15.9.